The number of nitrogens with zero attached hydrogens (tertiary/aromatic N) is 2. The van der Waals surface area contributed by atoms with Crippen LogP contribution in [0.3, 0.4) is 0 Å². The molecule has 1 aliphatic heterocycles. The van der Waals surface area contributed by atoms with Gasteiger partial charge in [-0.15, -0.1) is 0 Å². The van der Waals surface area contributed by atoms with E-state index in [1.54, 1.807) is 4.90 Å². The van der Waals surface area contributed by atoms with Crippen LogP contribution in [0.1, 0.15) is 17.5 Å². The van der Waals surface area contributed by atoms with E-state index >= 15 is 0 Å². The van der Waals surface area contributed by atoms with Gasteiger partial charge in [-0.3, -0.25) is 0 Å². The quantitative estimate of drug-likeness (QED) is 0.850. The van der Waals surface area contributed by atoms with Crippen molar-refractivity contribution in [2.24, 2.45) is 5.92 Å². The summed E-state index contributed by atoms with van der Waals surface area (Å²) in [6, 6.07) is 2.68. The maximum Gasteiger partial charge on any atom is 0.419 e. The molecule has 1 fully saturated rings. The number of benzene rings is 1. The van der Waals surface area contributed by atoms with Gasteiger partial charge in [0.05, 0.1) is 5.56 Å². The highest BCUT2D eigenvalue weighted by Crippen LogP contribution is 2.32. The summed E-state index contributed by atoms with van der Waals surface area (Å²) in [5.41, 5.74) is -1.50. The lowest BCUT2D eigenvalue weighted by molar-refractivity contribution is -0.140. The number of hydrogen-bond donors (Lipinski definition) is 1. The Bertz CT molecular complexity index is 589. The lowest BCUT2D eigenvalue weighted by atomic mass is 10.1. The number of rotatable bonds is 4. The summed E-state index contributed by atoms with van der Waals surface area (Å²) >= 11 is 0. The number of amides is 2. The van der Waals surface area contributed by atoms with E-state index in [2.05, 4.69) is 5.32 Å². The zero-order chi connectivity index (χ0) is 17.9. The molecule has 4 nitrogen and oxygen atoms in total. The number of carbonyl (C=O) groups is 1. The van der Waals surface area contributed by atoms with Gasteiger partial charge in [0.2, 0.25) is 0 Å². The molecule has 0 unspecified atom stereocenters. The summed E-state index contributed by atoms with van der Waals surface area (Å²) in [5.74, 6) is -0.965. The molecule has 2 rings (SSSR count). The van der Waals surface area contributed by atoms with Crippen molar-refractivity contribution in [3.05, 3.63) is 35.1 Å². The molecule has 0 aliphatic carbocycles. The van der Waals surface area contributed by atoms with Gasteiger partial charge in [-0.25, -0.2) is 9.18 Å². The van der Waals surface area contributed by atoms with E-state index in [9.17, 15) is 22.4 Å². The minimum absolute atomic E-state index is 0.179. The molecule has 0 saturated carbocycles. The number of carbonyl (C=O) groups excluding carboxylic acids is 1. The van der Waals surface area contributed by atoms with Crippen LogP contribution < -0.4 is 5.32 Å². The predicted octanol–water partition coefficient (Wildman–Crippen LogP) is 2.94. The van der Waals surface area contributed by atoms with Crippen LogP contribution in [-0.2, 0) is 12.7 Å². The topological polar surface area (TPSA) is 35.6 Å². The summed E-state index contributed by atoms with van der Waals surface area (Å²) < 4.78 is 52.0. The molecule has 0 aromatic heterocycles. The molecule has 134 valence electrons. The smallest absolute Gasteiger partial charge is 0.334 e. The number of halogens is 4. The van der Waals surface area contributed by atoms with Gasteiger partial charge >= 0.3 is 12.2 Å². The largest absolute Gasteiger partial charge is 0.419 e. The molecule has 1 aliphatic rings. The molecule has 0 bridgehead atoms. The summed E-state index contributed by atoms with van der Waals surface area (Å²) in [6.45, 7) is 1.78. The van der Waals surface area contributed by atoms with Crippen LogP contribution in [0.2, 0.25) is 0 Å². The second-order valence-electron chi connectivity index (χ2n) is 6.30. The average molecular weight is 347 g/mol. The molecule has 1 atom stereocenters. The van der Waals surface area contributed by atoms with E-state index in [0.29, 0.717) is 25.1 Å². The third-order valence-corrected chi connectivity index (χ3v) is 4.01. The molecule has 1 saturated heterocycles. The van der Waals surface area contributed by atoms with Crippen molar-refractivity contribution < 1.29 is 22.4 Å². The van der Waals surface area contributed by atoms with Gasteiger partial charge in [0, 0.05) is 31.7 Å². The van der Waals surface area contributed by atoms with E-state index in [1.807, 2.05) is 19.0 Å². The summed E-state index contributed by atoms with van der Waals surface area (Å²) in [7, 11) is 3.91. The second-order valence-corrected chi connectivity index (χ2v) is 6.30. The van der Waals surface area contributed by atoms with Gasteiger partial charge in [-0.2, -0.15) is 13.2 Å². The minimum Gasteiger partial charge on any atom is -0.334 e. The summed E-state index contributed by atoms with van der Waals surface area (Å²) in [6.07, 6.45) is -3.87. The van der Waals surface area contributed by atoms with Gasteiger partial charge in [-0.1, -0.05) is 12.1 Å². The van der Waals surface area contributed by atoms with Crippen LogP contribution in [-0.4, -0.2) is 49.6 Å². The Morgan fingerprint density at radius 3 is 2.71 bits per heavy atom. The van der Waals surface area contributed by atoms with Gasteiger partial charge in [-0.05, 0) is 32.5 Å². The van der Waals surface area contributed by atoms with Crippen molar-refractivity contribution in [3.8, 4) is 0 Å². The van der Waals surface area contributed by atoms with Crippen LogP contribution in [0.5, 0.6) is 0 Å². The first kappa shape index (κ1) is 18.5. The third kappa shape index (κ3) is 4.59. The van der Waals surface area contributed by atoms with Gasteiger partial charge in [0.1, 0.15) is 5.82 Å². The fourth-order valence-electron chi connectivity index (χ4n) is 2.90. The minimum atomic E-state index is -4.75. The zero-order valence-electron chi connectivity index (χ0n) is 13.7. The predicted molar refractivity (Wildman–Crippen MR) is 81.9 cm³/mol. The Labute approximate surface area is 138 Å². The molecule has 1 aromatic rings. The maximum atomic E-state index is 13.9. The first-order valence-corrected chi connectivity index (χ1v) is 7.70. The van der Waals surface area contributed by atoms with Crippen molar-refractivity contribution >= 4 is 6.03 Å². The van der Waals surface area contributed by atoms with Crippen molar-refractivity contribution in [1.29, 1.82) is 0 Å². The maximum absolute atomic E-state index is 13.9. The first-order valence-electron chi connectivity index (χ1n) is 7.70. The number of alkyl halides is 3. The van der Waals surface area contributed by atoms with E-state index in [1.165, 1.54) is 6.07 Å². The van der Waals surface area contributed by atoms with Gasteiger partial charge in [0.15, 0.2) is 0 Å². The Hall–Kier alpha value is -1.83. The number of likely N-dealkylation sites (tertiary alicyclic amines) is 1. The second kappa shape index (κ2) is 7.38. The highest BCUT2D eigenvalue weighted by Gasteiger charge is 2.35. The molecular weight excluding hydrogens is 326 g/mol. The molecule has 1 heterocycles. The van der Waals surface area contributed by atoms with Gasteiger partial charge < -0.3 is 15.1 Å². The summed E-state index contributed by atoms with van der Waals surface area (Å²) in [5, 5.41) is 2.50. The molecular formula is C16H21F4N3O. The highest BCUT2D eigenvalue weighted by atomic mass is 19.4. The molecule has 1 aromatic carbocycles. The van der Waals surface area contributed by atoms with Crippen LogP contribution >= 0.6 is 0 Å². The molecule has 8 heteroatoms. The number of hydrogen-bond acceptors (Lipinski definition) is 2. The van der Waals surface area contributed by atoms with Crippen LogP contribution in [0.15, 0.2) is 18.2 Å². The van der Waals surface area contributed by atoms with Crippen LogP contribution in [0.4, 0.5) is 22.4 Å². The third-order valence-electron chi connectivity index (χ3n) is 4.01. The molecule has 24 heavy (non-hydrogen) atoms. The Kier molecular flexibility index (Phi) is 5.69. The van der Waals surface area contributed by atoms with Gasteiger partial charge in [0.25, 0.3) is 0 Å². The Morgan fingerprint density at radius 1 is 1.38 bits per heavy atom. The normalized spacial score (nSPS) is 18.3. The van der Waals surface area contributed by atoms with E-state index in [0.717, 1.165) is 19.0 Å². The van der Waals surface area contributed by atoms with E-state index < -0.39 is 17.6 Å². The van der Waals surface area contributed by atoms with Crippen LogP contribution in [0.25, 0.3) is 0 Å². The Balaban J connectivity index is 1.93. The molecule has 0 radical (unpaired) electrons. The first-order chi connectivity index (χ1) is 11.2. The molecule has 2 amide bonds. The standard InChI is InChI=1S/C16H21F4N3O/c1-22(2)9-11-6-7-23(10-11)15(24)21-8-12-4-3-5-13(14(12)17)16(18,19)20/h3-5,11H,6-10H2,1-2H3,(H,21,24)/t11-/m0/s1. The zero-order valence-corrected chi connectivity index (χ0v) is 13.7. The fourth-order valence-corrected chi connectivity index (χ4v) is 2.90. The van der Waals surface area contributed by atoms with Crippen LogP contribution in [0, 0.1) is 11.7 Å². The lowest BCUT2D eigenvalue weighted by Crippen LogP contribution is -2.38. The van der Waals surface area contributed by atoms with Crippen molar-refractivity contribution in [3.63, 3.8) is 0 Å². The van der Waals surface area contributed by atoms with E-state index in [-0.39, 0.29) is 18.1 Å². The SMILES string of the molecule is CN(C)C[C@@H]1CCN(C(=O)NCc2cccc(C(F)(F)F)c2F)C1. The van der Waals surface area contributed by atoms with E-state index in [4.69, 9.17) is 0 Å². The lowest BCUT2D eigenvalue weighted by Gasteiger charge is -2.19. The Morgan fingerprint density at radius 2 is 2.08 bits per heavy atom. The summed E-state index contributed by atoms with van der Waals surface area (Å²) in [4.78, 5) is 15.8. The average Bonchev–Trinajstić information content (AvgIpc) is 2.92. The number of urea groups is 1. The highest BCUT2D eigenvalue weighted by molar-refractivity contribution is 5.74. The van der Waals surface area contributed by atoms with Crippen molar-refractivity contribution in [2.45, 2.75) is 19.1 Å². The monoisotopic (exact) mass is 347 g/mol. The molecule has 0 spiro atoms. The fraction of sp³-hybridized carbons (Fsp3) is 0.562. The number of nitrogens with one attached hydrogen (secondary N) is 1. The molecule has 1 N–H and O–H groups in total. The van der Waals surface area contributed by atoms with Crippen molar-refractivity contribution in [2.75, 3.05) is 33.7 Å². The van der Waals surface area contributed by atoms with Crippen molar-refractivity contribution in [1.82, 2.24) is 15.1 Å².